The normalized spacial score (nSPS) is 10.0. The fourth-order valence-corrected chi connectivity index (χ4v) is 1.97. The van der Waals surface area contributed by atoms with Crippen molar-refractivity contribution in [3.05, 3.63) is 59.1 Å². The van der Waals surface area contributed by atoms with E-state index in [-0.39, 0.29) is 12.4 Å². The van der Waals surface area contributed by atoms with Gasteiger partial charge in [-0.05, 0) is 55.5 Å². The largest absolute Gasteiger partial charge is 0.482 e. The van der Waals surface area contributed by atoms with Crippen LogP contribution in [0.1, 0.15) is 17.3 Å². The monoisotopic (exact) mass is 361 g/mol. The Balaban J connectivity index is 1.72. The molecule has 6 nitrogen and oxygen atoms in total. The van der Waals surface area contributed by atoms with Gasteiger partial charge in [0.05, 0.1) is 0 Å². The number of esters is 1. The minimum atomic E-state index is -0.679. The Labute approximate surface area is 149 Å². The molecule has 1 amide bonds. The summed E-state index contributed by atoms with van der Waals surface area (Å²) in [5.74, 6) is -0.784. The Morgan fingerprint density at radius 3 is 2.20 bits per heavy atom. The number of hydrogen-bond donors (Lipinski definition) is 1. The summed E-state index contributed by atoms with van der Waals surface area (Å²) >= 11 is 5.75. The summed E-state index contributed by atoms with van der Waals surface area (Å²) in [6, 6.07) is 12.9. The maximum absolute atomic E-state index is 11.7. The molecule has 0 radical (unpaired) electrons. The predicted molar refractivity (Wildman–Crippen MR) is 93.0 cm³/mol. The third kappa shape index (κ3) is 6.27. The maximum Gasteiger partial charge on any atom is 0.344 e. The highest BCUT2D eigenvalue weighted by molar-refractivity contribution is 6.30. The second kappa shape index (κ2) is 8.84. The molecule has 7 heteroatoms. The van der Waals surface area contributed by atoms with Crippen LogP contribution >= 0.6 is 11.6 Å². The first-order valence-corrected chi connectivity index (χ1v) is 7.76. The van der Waals surface area contributed by atoms with Crippen LogP contribution in [0.5, 0.6) is 5.75 Å². The van der Waals surface area contributed by atoms with Gasteiger partial charge in [-0.3, -0.25) is 9.59 Å². The molecule has 1 N–H and O–H groups in total. The van der Waals surface area contributed by atoms with E-state index in [1.807, 2.05) is 0 Å². The van der Waals surface area contributed by atoms with E-state index in [9.17, 15) is 14.4 Å². The van der Waals surface area contributed by atoms with Gasteiger partial charge in [-0.1, -0.05) is 11.6 Å². The van der Waals surface area contributed by atoms with Crippen molar-refractivity contribution < 1.29 is 23.9 Å². The lowest BCUT2D eigenvalue weighted by atomic mass is 10.1. The summed E-state index contributed by atoms with van der Waals surface area (Å²) < 4.78 is 10.1. The molecule has 0 aromatic heterocycles. The van der Waals surface area contributed by atoms with Crippen LogP contribution in [-0.2, 0) is 14.3 Å². The summed E-state index contributed by atoms with van der Waals surface area (Å²) in [4.78, 5) is 34.4. The topological polar surface area (TPSA) is 81.7 Å². The predicted octanol–water partition coefficient (Wildman–Crippen LogP) is 3.10. The van der Waals surface area contributed by atoms with Crippen molar-refractivity contribution in [3.8, 4) is 5.75 Å². The SMILES string of the molecule is CC(=O)c1ccc(OCC(=O)OCC(=O)Nc2ccc(Cl)cc2)cc1. The van der Waals surface area contributed by atoms with E-state index in [4.69, 9.17) is 21.1 Å². The van der Waals surface area contributed by atoms with Gasteiger partial charge in [-0.15, -0.1) is 0 Å². The van der Waals surface area contributed by atoms with Crippen molar-refractivity contribution in [3.63, 3.8) is 0 Å². The first-order chi connectivity index (χ1) is 11.9. The lowest BCUT2D eigenvalue weighted by molar-refractivity contribution is -0.149. The zero-order chi connectivity index (χ0) is 18.2. The molecular weight excluding hydrogens is 346 g/mol. The zero-order valence-corrected chi connectivity index (χ0v) is 14.2. The smallest absolute Gasteiger partial charge is 0.344 e. The molecule has 0 aliphatic heterocycles. The van der Waals surface area contributed by atoms with E-state index in [1.165, 1.54) is 6.92 Å². The molecule has 0 fully saturated rings. The van der Waals surface area contributed by atoms with Crippen LogP contribution in [0.2, 0.25) is 5.02 Å². The van der Waals surface area contributed by atoms with Crippen LogP contribution in [0.25, 0.3) is 0 Å². The molecule has 0 aliphatic rings. The lowest BCUT2D eigenvalue weighted by Crippen LogP contribution is -2.23. The molecule has 2 rings (SSSR count). The van der Waals surface area contributed by atoms with Crippen LogP contribution in [0.4, 0.5) is 5.69 Å². The van der Waals surface area contributed by atoms with Gasteiger partial charge in [0.25, 0.3) is 5.91 Å². The van der Waals surface area contributed by atoms with E-state index in [2.05, 4.69) is 5.32 Å². The van der Waals surface area contributed by atoms with Gasteiger partial charge in [-0.25, -0.2) is 4.79 Å². The van der Waals surface area contributed by atoms with E-state index in [0.717, 1.165) is 0 Å². The molecule has 130 valence electrons. The highest BCUT2D eigenvalue weighted by Crippen LogP contribution is 2.14. The number of anilines is 1. The number of rotatable bonds is 7. The van der Waals surface area contributed by atoms with Crippen LogP contribution < -0.4 is 10.1 Å². The molecule has 0 heterocycles. The van der Waals surface area contributed by atoms with Gasteiger partial charge < -0.3 is 14.8 Å². The number of Topliss-reactive ketones (excluding diaryl/α,β-unsaturated/α-hetero) is 1. The highest BCUT2D eigenvalue weighted by atomic mass is 35.5. The van der Waals surface area contributed by atoms with Gasteiger partial charge >= 0.3 is 5.97 Å². The average molecular weight is 362 g/mol. The molecule has 0 unspecified atom stereocenters. The van der Waals surface area contributed by atoms with Gasteiger partial charge in [0, 0.05) is 16.3 Å². The van der Waals surface area contributed by atoms with Gasteiger partial charge in [0.2, 0.25) is 0 Å². The Kier molecular flexibility index (Phi) is 6.54. The van der Waals surface area contributed by atoms with Crippen LogP contribution in [0.3, 0.4) is 0 Å². The number of halogens is 1. The molecule has 0 aliphatic carbocycles. The molecule has 0 bridgehead atoms. The molecule has 2 aromatic rings. The number of carbonyl (C=O) groups excluding carboxylic acids is 3. The Hall–Kier alpha value is -2.86. The number of ether oxygens (including phenoxy) is 2. The van der Waals surface area contributed by atoms with Crippen molar-refractivity contribution >= 4 is 34.9 Å². The van der Waals surface area contributed by atoms with Crippen molar-refractivity contribution in [1.82, 2.24) is 0 Å². The molecule has 0 saturated carbocycles. The highest BCUT2D eigenvalue weighted by Gasteiger charge is 2.09. The third-order valence-electron chi connectivity index (χ3n) is 3.11. The summed E-state index contributed by atoms with van der Waals surface area (Å²) in [5.41, 5.74) is 1.10. The van der Waals surface area contributed by atoms with Gasteiger partial charge in [-0.2, -0.15) is 0 Å². The molecule has 0 atom stereocenters. The summed E-state index contributed by atoms with van der Waals surface area (Å²) in [6.45, 7) is 0.698. The van der Waals surface area contributed by atoms with Crippen LogP contribution in [0.15, 0.2) is 48.5 Å². The molecule has 0 saturated heterocycles. The fraction of sp³-hybridized carbons (Fsp3) is 0.167. The van der Waals surface area contributed by atoms with Gasteiger partial charge in [0.15, 0.2) is 19.0 Å². The standard InChI is InChI=1S/C18H16ClNO5/c1-12(21)13-2-8-16(9-3-13)24-11-18(23)25-10-17(22)20-15-6-4-14(19)5-7-15/h2-9H,10-11H2,1H3,(H,20,22). The second-order valence-electron chi connectivity index (χ2n) is 5.08. The summed E-state index contributed by atoms with van der Waals surface area (Å²) in [7, 11) is 0. The minimum absolute atomic E-state index is 0.0577. The summed E-state index contributed by atoms with van der Waals surface area (Å²) in [5, 5.41) is 3.12. The third-order valence-corrected chi connectivity index (χ3v) is 3.36. The van der Waals surface area contributed by atoms with Crippen LogP contribution in [0, 0.1) is 0 Å². The molecular formula is C18H16ClNO5. The number of hydrogen-bond acceptors (Lipinski definition) is 5. The Morgan fingerprint density at radius 1 is 0.960 bits per heavy atom. The quantitative estimate of drug-likeness (QED) is 0.605. The number of amides is 1. The maximum atomic E-state index is 11.7. The van der Waals surface area contributed by atoms with Crippen molar-refractivity contribution in [2.75, 3.05) is 18.5 Å². The van der Waals surface area contributed by atoms with Gasteiger partial charge in [0.1, 0.15) is 5.75 Å². The number of carbonyl (C=O) groups is 3. The zero-order valence-electron chi connectivity index (χ0n) is 13.5. The number of benzene rings is 2. The Morgan fingerprint density at radius 2 is 1.60 bits per heavy atom. The lowest BCUT2D eigenvalue weighted by Gasteiger charge is -2.08. The molecule has 2 aromatic carbocycles. The first kappa shape index (κ1) is 18.5. The van der Waals surface area contributed by atoms with E-state index in [1.54, 1.807) is 48.5 Å². The van der Waals surface area contributed by atoms with E-state index < -0.39 is 18.5 Å². The second-order valence-corrected chi connectivity index (χ2v) is 5.52. The van der Waals surface area contributed by atoms with Crippen LogP contribution in [-0.4, -0.2) is 30.9 Å². The average Bonchev–Trinajstić information content (AvgIpc) is 2.60. The Bertz CT molecular complexity index is 756. The van der Waals surface area contributed by atoms with Crippen molar-refractivity contribution in [1.29, 1.82) is 0 Å². The number of ketones is 1. The molecule has 25 heavy (non-hydrogen) atoms. The summed E-state index contributed by atoms with van der Waals surface area (Å²) in [6.07, 6.45) is 0. The molecule has 0 spiro atoms. The van der Waals surface area contributed by atoms with Crippen molar-refractivity contribution in [2.45, 2.75) is 6.92 Å². The first-order valence-electron chi connectivity index (χ1n) is 7.39. The minimum Gasteiger partial charge on any atom is -0.482 e. The van der Waals surface area contributed by atoms with E-state index in [0.29, 0.717) is 22.0 Å². The number of nitrogens with one attached hydrogen (secondary N) is 1. The van der Waals surface area contributed by atoms with Crippen molar-refractivity contribution in [2.24, 2.45) is 0 Å². The van der Waals surface area contributed by atoms with E-state index >= 15 is 0 Å². The fourth-order valence-electron chi connectivity index (χ4n) is 1.85.